The van der Waals surface area contributed by atoms with Crippen LogP contribution in [-0.4, -0.2) is 11.7 Å². The highest BCUT2D eigenvalue weighted by atomic mass is 19.1. The second-order valence-corrected chi connectivity index (χ2v) is 3.30. The summed E-state index contributed by atoms with van der Waals surface area (Å²) in [5, 5.41) is 12.1. The molecule has 0 aromatic heterocycles. The summed E-state index contributed by atoms with van der Waals surface area (Å²) in [6, 6.07) is 5.27. The minimum atomic E-state index is -0.328. The van der Waals surface area contributed by atoms with Crippen LogP contribution in [0.1, 0.15) is 23.6 Å². The first kappa shape index (κ1) is 8.66. The van der Waals surface area contributed by atoms with Crippen LogP contribution in [-0.2, 0) is 6.61 Å². The molecule has 1 aromatic rings. The molecule has 0 radical (unpaired) electrons. The Morgan fingerprint density at radius 1 is 1.54 bits per heavy atom. The Balaban J connectivity index is 2.26. The second kappa shape index (κ2) is 3.44. The van der Waals surface area contributed by atoms with Crippen LogP contribution >= 0.6 is 0 Å². The molecule has 2 rings (SSSR count). The van der Waals surface area contributed by atoms with Crippen molar-refractivity contribution >= 4 is 0 Å². The maximum absolute atomic E-state index is 13.0. The van der Waals surface area contributed by atoms with Gasteiger partial charge in [0.05, 0.1) is 6.61 Å². The van der Waals surface area contributed by atoms with Crippen LogP contribution < -0.4 is 5.32 Å². The average Bonchev–Trinajstić information content (AvgIpc) is 2.05. The van der Waals surface area contributed by atoms with Gasteiger partial charge < -0.3 is 10.4 Å². The van der Waals surface area contributed by atoms with Gasteiger partial charge in [-0.2, -0.15) is 0 Å². The smallest absolute Gasteiger partial charge is 0.128 e. The lowest BCUT2D eigenvalue weighted by molar-refractivity contribution is 0.275. The van der Waals surface area contributed by atoms with Crippen molar-refractivity contribution in [3.05, 3.63) is 35.1 Å². The number of hydrogen-bond donors (Lipinski definition) is 2. The van der Waals surface area contributed by atoms with E-state index in [-0.39, 0.29) is 12.4 Å². The largest absolute Gasteiger partial charge is 0.392 e. The fourth-order valence-electron chi connectivity index (χ4n) is 1.51. The topological polar surface area (TPSA) is 32.3 Å². The number of halogens is 1. The van der Waals surface area contributed by atoms with Gasteiger partial charge in [0.15, 0.2) is 0 Å². The molecule has 1 aromatic carbocycles. The number of aliphatic hydroxyl groups excluding tert-OH is 1. The average molecular weight is 181 g/mol. The minimum Gasteiger partial charge on any atom is -0.392 e. The van der Waals surface area contributed by atoms with Gasteiger partial charge >= 0.3 is 0 Å². The summed E-state index contributed by atoms with van der Waals surface area (Å²) < 4.78 is 13.0. The Kier molecular flexibility index (Phi) is 2.29. The van der Waals surface area contributed by atoms with E-state index < -0.39 is 0 Å². The van der Waals surface area contributed by atoms with Crippen LogP contribution in [0.4, 0.5) is 4.39 Å². The zero-order valence-corrected chi connectivity index (χ0v) is 7.26. The highest BCUT2D eigenvalue weighted by Gasteiger charge is 2.18. The van der Waals surface area contributed by atoms with Crippen molar-refractivity contribution < 1.29 is 9.50 Å². The normalized spacial score (nSPS) is 21.2. The van der Waals surface area contributed by atoms with Gasteiger partial charge in [0.25, 0.3) is 0 Å². The van der Waals surface area contributed by atoms with Crippen molar-refractivity contribution in [2.45, 2.75) is 19.1 Å². The van der Waals surface area contributed by atoms with Crippen molar-refractivity contribution in [3.63, 3.8) is 0 Å². The number of aliphatic hydroxyl groups is 1. The molecule has 1 fully saturated rings. The fraction of sp³-hybridized carbons (Fsp3) is 0.400. The Hall–Kier alpha value is -0.930. The molecule has 1 saturated heterocycles. The fourth-order valence-corrected chi connectivity index (χ4v) is 1.51. The summed E-state index contributed by atoms with van der Waals surface area (Å²) in [6.45, 7) is 0.795. The van der Waals surface area contributed by atoms with E-state index in [9.17, 15) is 4.39 Å². The van der Waals surface area contributed by atoms with Crippen LogP contribution in [0.2, 0.25) is 0 Å². The molecule has 1 atom stereocenters. The van der Waals surface area contributed by atoms with E-state index in [4.69, 9.17) is 5.11 Å². The molecule has 1 unspecified atom stereocenters. The van der Waals surface area contributed by atoms with Crippen LogP contribution in [0.3, 0.4) is 0 Å². The van der Waals surface area contributed by atoms with Crippen molar-refractivity contribution in [3.8, 4) is 0 Å². The molecule has 1 aliphatic heterocycles. The van der Waals surface area contributed by atoms with E-state index in [1.165, 1.54) is 6.07 Å². The summed E-state index contributed by atoms with van der Waals surface area (Å²) >= 11 is 0. The molecule has 1 aliphatic rings. The Bertz CT molecular complexity index is 310. The summed E-state index contributed by atoms with van der Waals surface area (Å²) in [5.41, 5.74) is 1.45. The highest BCUT2D eigenvalue weighted by molar-refractivity contribution is 5.28. The van der Waals surface area contributed by atoms with Crippen LogP contribution in [0.5, 0.6) is 0 Å². The Morgan fingerprint density at radius 3 is 2.85 bits per heavy atom. The lowest BCUT2D eigenvalue weighted by Gasteiger charge is -2.28. The van der Waals surface area contributed by atoms with Crippen LogP contribution in [0.15, 0.2) is 18.2 Å². The molecule has 0 aliphatic carbocycles. The van der Waals surface area contributed by atoms with E-state index >= 15 is 0 Å². The maximum Gasteiger partial charge on any atom is 0.128 e. The molecular weight excluding hydrogens is 169 g/mol. The Labute approximate surface area is 76.4 Å². The van der Waals surface area contributed by atoms with Gasteiger partial charge in [-0.1, -0.05) is 6.07 Å². The zero-order valence-electron chi connectivity index (χ0n) is 7.26. The number of hydrogen-bond acceptors (Lipinski definition) is 2. The van der Waals surface area contributed by atoms with E-state index in [1.807, 2.05) is 0 Å². The van der Waals surface area contributed by atoms with Crippen molar-refractivity contribution in [2.24, 2.45) is 0 Å². The van der Waals surface area contributed by atoms with E-state index in [0.29, 0.717) is 11.6 Å². The van der Waals surface area contributed by atoms with Gasteiger partial charge in [-0.15, -0.1) is 0 Å². The molecule has 2 nitrogen and oxygen atoms in total. The van der Waals surface area contributed by atoms with E-state index in [1.54, 1.807) is 12.1 Å². The summed E-state index contributed by atoms with van der Waals surface area (Å²) in [5.74, 6) is -0.328. The zero-order chi connectivity index (χ0) is 9.26. The minimum absolute atomic E-state index is 0.230. The quantitative estimate of drug-likeness (QED) is 0.721. The molecule has 0 bridgehead atoms. The van der Waals surface area contributed by atoms with Crippen LogP contribution in [0, 0.1) is 5.82 Å². The van der Waals surface area contributed by atoms with Crippen LogP contribution in [0.25, 0.3) is 0 Å². The van der Waals surface area contributed by atoms with Crippen molar-refractivity contribution in [2.75, 3.05) is 6.54 Å². The van der Waals surface area contributed by atoms with Gasteiger partial charge in [-0.25, -0.2) is 4.39 Å². The second-order valence-electron chi connectivity index (χ2n) is 3.30. The first-order valence-electron chi connectivity index (χ1n) is 4.44. The third-order valence-corrected chi connectivity index (χ3v) is 2.47. The SMILES string of the molecule is OCc1cc(C2CCN2)ccc1F. The van der Waals surface area contributed by atoms with E-state index in [2.05, 4.69) is 5.32 Å². The van der Waals surface area contributed by atoms with Crippen molar-refractivity contribution in [1.82, 2.24) is 5.32 Å². The lowest BCUT2D eigenvalue weighted by Crippen LogP contribution is -2.34. The predicted octanol–water partition coefficient (Wildman–Crippen LogP) is 1.35. The monoisotopic (exact) mass is 181 g/mol. The van der Waals surface area contributed by atoms with Gasteiger partial charge in [0, 0.05) is 11.6 Å². The summed E-state index contributed by atoms with van der Waals surface area (Å²) in [7, 11) is 0. The highest BCUT2D eigenvalue weighted by Crippen LogP contribution is 2.24. The molecule has 13 heavy (non-hydrogen) atoms. The third-order valence-electron chi connectivity index (χ3n) is 2.47. The lowest BCUT2D eigenvalue weighted by atomic mass is 9.96. The molecule has 70 valence electrons. The first-order chi connectivity index (χ1) is 6.31. The summed E-state index contributed by atoms with van der Waals surface area (Å²) in [6.07, 6.45) is 1.09. The van der Waals surface area contributed by atoms with E-state index in [0.717, 1.165) is 18.5 Å². The first-order valence-corrected chi connectivity index (χ1v) is 4.44. The van der Waals surface area contributed by atoms with Gasteiger partial charge in [0.1, 0.15) is 5.82 Å². The number of nitrogens with one attached hydrogen (secondary N) is 1. The Morgan fingerprint density at radius 2 is 2.31 bits per heavy atom. The molecule has 0 spiro atoms. The number of rotatable bonds is 2. The van der Waals surface area contributed by atoms with Gasteiger partial charge in [-0.05, 0) is 30.7 Å². The van der Waals surface area contributed by atoms with Gasteiger partial charge in [-0.3, -0.25) is 0 Å². The third kappa shape index (κ3) is 1.57. The molecular formula is C10H12FNO. The van der Waals surface area contributed by atoms with Crippen molar-refractivity contribution in [1.29, 1.82) is 0 Å². The molecule has 0 amide bonds. The molecule has 3 heteroatoms. The van der Waals surface area contributed by atoms with Gasteiger partial charge in [0.2, 0.25) is 0 Å². The predicted molar refractivity (Wildman–Crippen MR) is 47.7 cm³/mol. The standard InChI is InChI=1S/C10H12FNO/c11-9-2-1-7(5-8(9)6-13)10-3-4-12-10/h1-2,5,10,12-13H,3-4,6H2. The molecule has 1 heterocycles. The summed E-state index contributed by atoms with van der Waals surface area (Å²) in [4.78, 5) is 0. The number of benzene rings is 1. The molecule has 0 saturated carbocycles. The molecule has 2 N–H and O–H groups in total. The maximum atomic E-state index is 13.0.